The number of hydrogen-bond donors (Lipinski definition) is 2. The molecular weight excluding hydrogens is 324 g/mol. The fraction of sp³-hybridized carbons (Fsp3) is 0.118. The molecule has 0 saturated heterocycles. The molecule has 0 aliphatic carbocycles. The summed E-state index contributed by atoms with van der Waals surface area (Å²) in [5.41, 5.74) is 4.36. The molecule has 1 amide bonds. The third-order valence-corrected chi connectivity index (χ3v) is 3.97. The highest BCUT2D eigenvalue weighted by molar-refractivity contribution is 7.11. The molecule has 3 rings (SSSR count). The van der Waals surface area contributed by atoms with Gasteiger partial charge in [0.15, 0.2) is 0 Å². The van der Waals surface area contributed by atoms with E-state index in [2.05, 4.69) is 20.7 Å². The van der Waals surface area contributed by atoms with E-state index in [0.717, 1.165) is 16.2 Å². The van der Waals surface area contributed by atoms with Gasteiger partial charge in [-0.25, -0.2) is 5.43 Å². The molecule has 24 heavy (non-hydrogen) atoms. The van der Waals surface area contributed by atoms with Crippen molar-refractivity contribution in [1.29, 1.82) is 0 Å². The van der Waals surface area contributed by atoms with Crippen LogP contribution in [0.15, 0.2) is 52.9 Å². The van der Waals surface area contributed by atoms with E-state index in [4.69, 9.17) is 4.74 Å². The SMILES string of the molecule is CCOc1cccc(-c2cc(C(=O)N/N=C/c3cccs3)[nH]n2)c1. The molecule has 7 heteroatoms. The Kier molecular flexibility index (Phi) is 5.02. The number of hydrazone groups is 1. The van der Waals surface area contributed by atoms with E-state index < -0.39 is 0 Å². The van der Waals surface area contributed by atoms with Crippen LogP contribution >= 0.6 is 11.3 Å². The van der Waals surface area contributed by atoms with Gasteiger partial charge in [-0.15, -0.1) is 11.3 Å². The first-order chi connectivity index (χ1) is 11.8. The highest BCUT2D eigenvalue weighted by Gasteiger charge is 2.11. The Morgan fingerprint density at radius 1 is 1.38 bits per heavy atom. The Bertz CT molecular complexity index is 840. The summed E-state index contributed by atoms with van der Waals surface area (Å²) in [6, 6.07) is 13.1. The number of nitrogens with one attached hydrogen (secondary N) is 2. The standard InChI is InChI=1S/C17H16N4O2S/c1-2-23-13-6-3-5-12(9-13)15-10-16(20-19-15)17(22)21-18-11-14-7-4-8-24-14/h3-11H,2H2,1H3,(H,19,20)(H,21,22)/b18-11+. The molecule has 0 aliphatic heterocycles. The van der Waals surface area contributed by atoms with Crippen LogP contribution in [0.3, 0.4) is 0 Å². The number of carbonyl (C=O) groups is 1. The molecule has 6 nitrogen and oxygen atoms in total. The van der Waals surface area contributed by atoms with Crippen molar-refractivity contribution in [3.8, 4) is 17.0 Å². The van der Waals surface area contributed by atoms with E-state index in [1.165, 1.54) is 0 Å². The van der Waals surface area contributed by atoms with E-state index in [9.17, 15) is 4.79 Å². The Balaban J connectivity index is 1.68. The number of amides is 1. The van der Waals surface area contributed by atoms with Crippen molar-refractivity contribution < 1.29 is 9.53 Å². The van der Waals surface area contributed by atoms with E-state index in [-0.39, 0.29) is 5.91 Å². The summed E-state index contributed by atoms with van der Waals surface area (Å²) < 4.78 is 5.48. The summed E-state index contributed by atoms with van der Waals surface area (Å²) in [5, 5.41) is 12.8. The number of H-pyrrole nitrogens is 1. The maximum atomic E-state index is 12.1. The monoisotopic (exact) mass is 340 g/mol. The van der Waals surface area contributed by atoms with E-state index >= 15 is 0 Å². The van der Waals surface area contributed by atoms with Crippen LogP contribution in [0.5, 0.6) is 5.75 Å². The zero-order chi connectivity index (χ0) is 16.8. The summed E-state index contributed by atoms with van der Waals surface area (Å²) in [7, 11) is 0. The van der Waals surface area contributed by atoms with Gasteiger partial charge in [0, 0.05) is 10.4 Å². The second-order valence-corrected chi connectivity index (χ2v) is 5.82. The van der Waals surface area contributed by atoms with Crippen LogP contribution in [0, 0.1) is 0 Å². The van der Waals surface area contributed by atoms with Crippen LogP contribution in [0.1, 0.15) is 22.3 Å². The highest BCUT2D eigenvalue weighted by Crippen LogP contribution is 2.22. The third-order valence-electron chi connectivity index (χ3n) is 3.16. The quantitative estimate of drug-likeness (QED) is 0.534. The van der Waals surface area contributed by atoms with Gasteiger partial charge in [-0.05, 0) is 36.6 Å². The van der Waals surface area contributed by atoms with Crippen LogP contribution < -0.4 is 10.2 Å². The van der Waals surface area contributed by atoms with Crippen molar-refractivity contribution in [2.24, 2.45) is 5.10 Å². The maximum Gasteiger partial charge on any atom is 0.289 e. The average Bonchev–Trinajstić information content (AvgIpc) is 3.27. The molecule has 3 aromatic rings. The molecule has 0 fully saturated rings. The molecule has 0 radical (unpaired) electrons. The smallest absolute Gasteiger partial charge is 0.289 e. The first-order valence-electron chi connectivity index (χ1n) is 7.42. The lowest BCUT2D eigenvalue weighted by atomic mass is 10.1. The summed E-state index contributed by atoms with van der Waals surface area (Å²) in [5.74, 6) is 0.423. The summed E-state index contributed by atoms with van der Waals surface area (Å²) in [6.45, 7) is 2.53. The lowest BCUT2D eigenvalue weighted by Gasteiger charge is -2.03. The zero-order valence-electron chi connectivity index (χ0n) is 13.0. The number of aromatic nitrogens is 2. The van der Waals surface area contributed by atoms with Gasteiger partial charge in [-0.3, -0.25) is 9.89 Å². The number of ether oxygens (including phenoxy) is 1. The Hall–Kier alpha value is -2.93. The summed E-state index contributed by atoms with van der Waals surface area (Å²) >= 11 is 1.54. The fourth-order valence-corrected chi connectivity index (χ4v) is 2.66. The van der Waals surface area contributed by atoms with Crippen LogP contribution in [0.4, 0.5) is 0 Å². The predicted molar refractivity (Wildman–Crippen MR) is 94.6 cm³/mol. The van der Waals surface area contributed by atoms with Crippen LogP contribution in [0.25, 0.3) is 11.3 Å². The molecular formula is C17H16N4O2S. The lowest BCUT2D eigenvalue weighted by molar-refractivity contribution is 0.0950. The van der Waals surface area contributed by atoms with E-state index in [0.29, 0.717) is 18.0 Å². The van der Waals surface area contributed by atoms with Gasteiger partial charge in [-0.2, -0.15) is 10.2 Å². The minimum Gasteiger partial charge on any atom is -0.494 e. The van der Waals surface area contributed by atoms with E-state index in [1.54, 1.807) is 23.6 Å². The van der Waals surface area contributed by atoms with Crippen LogP contribution in [-0.2, 0) is 0 Å². The molecule has 2 N–H and O–H groups in total. The molecule has 0 unspecified atom stereocenters. The topological polar surface area (TPSA) is 79.4 Å². The van der Waals surface area contributed by atoms with Gasteiger partial charge in [0.25, 0.3) is 5.91 Å². The average molecular weight is 340 g/mol. The predicted octanol–water partition coefficient (Wildman–Crippen LogP) is 3.30. The Morgan fingerprint density at radius 3 is 3.08 bits per heavy atom. The number of thiophene rings is 1. The second-order valence-electron chi connectivity index (χ2n) is 4.84. The number of benzene rings is 1. The maximum absolute atomic E-state index is 12.1. The van der Waals surface area contributed by atoms with Gasteiger partial charge >= 0.3 is 0 Å². The van der Waals surface area contributed by atoms with Crippen molar-refractivity contribution >= 4 is 23.5 Å². The minimum atomic E-state index is -0.345. The fourth-order valence-electron chi connectivity index (χ4n) is 2.08. The van der Waals surface area contributed by atoms with Crippen LogP contribution in [-0.4, -0.2) is 28.9 Å². The molecule has 0 spiro atoms. The normalized spacial score (nSPS) is 10.9. The summed E-state index contributed by atoms with van der Waals surface area (Å²) in [6.07, 6.45) is 1.60. The molecule has 2 heterocycles. The molecule has 0 atom stereocenters. The van der Waals surface area contributed by atoms with Crippen molar-refractivity contribution in [3.63, 3.8) is 0 Å². The van der Waals surface area contributed by atoms with Crippen molar-refractivity contribution in [3.05, 3.63) is 58.4 Å². The largest absolute Gasteiger partial charge is 0.494 e. The Morgan fingerprint density at radius 2 is 2.29 bits per heavy atom. The zero-order valence-corrected chi connectivity index (χ0v) is 13.8. The molecule has 2 aromatic heterocycles. The Labute approximate surface area is 143 Å². The van der Waals surface area contributed by atoms with Crippen molar-refractivity contribution in [2.75, 3.05) is 6.61 Å². The molecule has 122 valence electrons. The van der Waals surface area contributed by atoms with Gasteiger partial charge in [0.1, 0.15) is 11.4 Å². The van der Waals surface area contributed by atoms with Gasteiger partial charge in [0.2, 0.25) is 0 Å². The molecule has 0 saturated carbocycles. The number of nitrogens with zero attached hydrogens (tertiary/aromatic N) is 2. The molecule has 0 aliphatic rings. The van der Waals surface area contributed by atoms with Gasteiger partial charge < -0.3 is 4.74 Å². The number of carbonyl (C=O) groups excluding carboxylic acids is 1. The number of hydrogen-bond acceptors (Lipinski definition) is 5. The van der Waals surface area contributed by atoms with Gasteiger partial charge in [-0.1, -0.05) is 18.2 Å². The van der Waals surface area contributed by atoms with Crippen LogP contribution in [0.2, 0.25) is 0 Å². The van der Waals surface area contributed by atoms with Crippen molar-refractivity contribution in [2.45, 2.75) is 6.92 Å². The first kappa shape index (κ1) is 15.9. The highest BCUT2D eigenvalue weighted by atomic mass is 32.1. The number of rotatable bonds is 6. The van der Waals surface area contributed by atoms with Crippen molar-refractivity contribution in [1.82, 2.24) is 15.6 Å². The second kappa shape index (κ2) is 7.56. The lowest BCUT2D eigenvalue weighted by Crippen LogP contribution is -2.17. The summed E-state index contributed by atoms with van der Waals surface area (Å²) in [4.78, 5) is 13.0. The van der Waals surface area contributed by atoms with E-state index in [1.807, 2.05) is 48.7 Å². The third kappa shape index (κ3) is 3.88. The first-order valence-corrected chi connectivity index (χ1v) is 8.30. The molecule has 1 aromatic carbocycles. The van der Waals surface area contributed by atoms with Gasteiger partial charge in [0.05, 0.1) is 18.5 Å². The number of aromatic amines is 1. The molecule has 0 bridgehead atoms. The minimum absolute atomic E-state index is 0.343.